The number of imide groups is 1. The summed E-state index contributed by atoms with van der Waals surface area (Å²) in [6.45, 7) is 0. The van der Waals surface area contributed by atoms with Crippen molar-refractivity contribution in [3.8, 4) is 11.3 Å². The highest BCUT2D eigenvalue weighted by molar-refractivity contribution is 8.19. The zero-order valence-corrected chi connectivity index (χ0v) is 16.5. The van der Waals surface area contributed by atoms with E-state index in [9.17, 15) is 22.8 Å². The number of anilines is 1. The minimum atomic E-state index is -4.54. The molecule has 0 spiro atoms. The lowest BCUT2D eigenvalue weighted by atomic mass is 10.1. The van der Waals surface area contributed by atoms with E-state index in [2.05, 4.69) is 0 Å². The predicted octanol–water partition coefficient (Wildman–Crippen LogP) is 6.86. The van der Waals surface area contributed by atoms with Crippen LogP contribution in [0.15, 0.2) is 70.0 Å². The van der Waals surface area contributed by atoms with Crippen molar-refractivity contribution in [1.82, 2.24) is 0 Å². The molecular formula is C21H11ClF3NO3S. The number of carbonyl (C=O) groups excluding carboxylic acids is 2. The zero-order chi connectivity index (χ0) is 21.5. The number of benzene rings is 2. The lowest BCUT2D eigenvalue weighted by molar-refractivity contribution is -0.137. The van der Waals surface area contributed by atoms with Gasteiger partial charge in [0.2, 0.25) is 0 Å². The van der Waals surface area contributed by atoms with E-state index in [4.69, 9.17) is 16.0 Å². The van der Waals surface area contributed by atoms with E-state index >= 15 is 0 Å². The van der Waals surface area contributed by atoms with Gasteiger partial charge in [-0.05, 0) is 54.2 Å². The van der Waals surface area contributed by atoms with E-state index in [-0.39, 0.29) is 22.0 Å². The molecule has 0 aliphatic carbocycles. The molecule has 1 aliphatic heterocycles. The van der Waals surface area contributed by atoms with Crippen molar-refractivity contribution >= 4 is 46.3 Å². The van der Waals surface area contributed by atoms with Gasteiger partial charge in [-0.3, -0.25) is 9.59 Å². The lowest BCUT2D eigenvalue weighted by Gasteiger charge is -2.12. The Balaban J connectivity index is 1.63. The summed E-state index contributed by atoms with van der Waals surface area (Å²) in [7, 11) is 0. The predicted molar refractivity (Wildman–Crippen MR) is 109 cm³/mol. The number of nitrogens with zero attached hydrogens (tertiary/aromatic N) is 1. The molecule has 0 bridgehead atoms. The van der Waals surface area contributed by atoms with Crippen LogP contribution in [0.4, 0.5) is 23.7 Å². The van der Waals surface area contributed by atoms with Gasteiger partial charge < -0.3 is 4.42 Å². The maximum Gasteiger partial charge on any atom is 0.417 e. The van der Waals surface area contributed by atoms with E-state index in [0.29, 0.717) is 22.5 Å². The SMILES string of the molecule is O=C1S/C(=C\c2ccc(-c3ccccc3C(F)(F)F)o2)C(=O)N1c1ccc(Cl)cc1. The van der Waals surface area contributed by atoms with Crippen LogP contribution >= 0.6 is 23.4 Å². The second-order valence-corrected chi connectivity index (χ2v) is 7.67. The summed E-state index contributed by atoms with van der Waals surface area (Å²) >= 11 is 6.55. The van der Waals surface area contributed by atoms with E-state index in [1.165, 1.54) is 36.4 Å². The fourth-order valence-electron chi connectivity index (χ4n) is 2.93. The van der Waals surface area contributed by atoms with Gasteiger partial charge in [-0.15, -0.1) is 0 Å². The number of furan rings is 1. The molecule has 2 amide bonds. The summed E-state index contributed by atoms with van der Waals surface area (Å²) in [5.41, 5.74) is -0.572. The number of carbonyl (C=O) groups is 2. The van der Waals surface area contributed by atoms with Crippen molar-refractivity contribution in [2.45, 2.75) is 6.18 Å². The fraction of sp³-hybridized carbons (Fsp3) is 0.0476. The quantitative estimate of drug-likeness (QED) is 0.410. The molecule has 0 saturated carbocycles. The first-order chi connectivity index (χ1) is 14.2. The van der Waals surface area contributed by atoms with Gasteiger partial charge in [0.15, 0.2) is 0 Å². The summed E-state index contributed by atoms with van der Waals surface area (Å²) in [5, 5.41) is -0.0358. The Hall–Kier alpha value is -2.97. The Bertz CT molecular complexity index is 1170. The Labute approximate surface area is 177 Å². The topological polar surface area (TPSA) is 50.5 Å². The molecule has 30 heavy (non-hydrogen) atoms. The van der Waals surface area contributed by atoms with Crippen molar-refractivity contribution in [3.63, 3.8) is 0 Å². The average molecular weight is 450 g/mol. The minimum absolute atomic E-state index is 0.00565. The first kappa shape index (κ1) is 20.3. The highest BCUT2D eigenvalue weighted by Crippen LogP contribution is 2.39. The molecule has 3 aromatic rings. The highest BCUT2D eigenvalue weighted by Gasteiger charge is 2.37. The molecule has 1 saturated heterocycles. The second-order valence-electron chi connectivity index (χ2n) is 6.24. The third kappa shape index (κ3) is 3.88. The monoisotopic (exact) mass is 449 g/mol. The molecule has 0 unspecified atom stereocenters. The third-order valence-corrected chi connectivity index (χ3v) is 5.40. The van der Waals surface area contributed by atoms with Gasteiger partial charge >= 0.3 is 6.18 Å². The molecule has 0 N–H and O–H groups in total. The highest BCUT2D eigenvalue weighted by atomic mass is 35.5. The maximum atomic E-state index is 13.2. The molecule has 2 heterocycles. The van der Waals surface area contributed by atoms with Gasteiger partial charge in [0.25, 0.3) is 11.1 Å². The normalized spacial score (nSPS) is 16.0. The van der Waals surface area contributed by atoms with E-state index in [1.54, 1.807) is 24.3 Å². The van der Waals surface area contributed by atoms with Crippen molar-refractivity contribution < 1.29 is 27.2 Å². The Morgan fingerprint density at radius 2 is 1.67 bits per heavy atom. The van der Waals surface area contributed by atoms with Crippen molar-refractivity contribution in [1.29, 1.82) is 0 Å². The number of hydrogen-bond donors (Lipinski definition) is 0. The number of alkyl halides is 3. The van der Waals surface area contributed by atoms with Crippen LogP contribution < -0.4 is 4.90 Å². The van der Waals surface area contributed by atoms with Gasteiger partial charge in [-0.2, -0.15) is 13.2 Å². The van der Waals surface area contributed by atoms with Crippen molar-refractivity contribution in [2.75, 3.05) is 4.90 Å². The maximum absolute atomic E-state index is 13.2. The van der Waals surface area contributed by atoms with Crippen LogP contribution in [-0.2, 0) is 11.0 Å². The lowest BCUT2D eigenvalue weighted by Crippen LogP contribution is -2.27. The Morgan fingerprint density at radius 3 is 2.37 bits per heavy atom. The minimum Gasteiger partial charge on any atom is -0.457 e. The number of rotatable bonds is 3. The molecule has 0 atom stereocenters. The molecule has 4 nitrogen and oxygen atoms in total. The molecule has 4 rings (SSSR count). The van der Waals surface area contributed by atoms with Crippen LogP contribution in [0.3, 0.4) is 0 Å². The standard InChI is InChI=1S/C21H11ClF3NO3S/c22-12-5-7-13(8-6-12)26-19(27)18(30-20(26)28)11-14-9-10-17(29-14)15-3-1-2-4-16(15)21(23,24)25/h1-11H/b18-11-. The van der Waals surface area contributed by atoms with Crippen LogP contribution in [0.1, 0.15) is 11.3 Å². The molecule has 152 valence electrons. The molecule has 0 radical (unpaired) electrons. The number of thioether (sulfide) groups is 1. The smallest absolute Gasteiger partial charge is 0.417 e. The second kappa shape index (κ2) is 7.70. The van der Waals surface area contributed by atoms with Crippen molar-refractivity contribution in [2.24, 2.45) is 0 Å². The van der Waals surface area contributed by atoms with Crippen molar-refractivity contribution in [3.05, 3.63) is 81.9 Å². The summed E-state index contributed by atoms with van der Waals surface area (Å²) in [4.78, 5) is 26.0. The van der Waals surface area contributed by atoms with Crippen LogP contribution in [0, 0.1) is 0 Å². The Kier molecular flexibility index (Phi) is 5.21. The summed E-state index contributed by atoms with van der Waals surface area (Å²) in [6, 6.07) is 14.1. The molecule has 1 aromatic heterocycles. The molecule has 9 heteroatoms. The summed E-state index contributed by atoms with van der Waals surface area (Å²) < 4.78 is 45.2. The third-order valence-electron chi connectivity index (χ3n) is 4.28. The van der Waals surface area contributed by atoms with E-state index in [1.807, 2.05) is 0 Å². The average Bonchev–Trinajstić information content (AvgIpc) is 3.27. The fourth-order valence-corrected chi connectivity index (χ4v) is 3.88. The molecule has 1 fully saturated rings. The van der Waals surface area contributed by atoms with Gasteiger partial charge in [0, 0.05) is 16.7 Å². The van der Waals surface area contributed by atoms with E-state index < -0.39 is 22.9 Å². The first-order valence-electron chi connectivity index (χ1n) is 8.54. The summed E-state index contributed by atoms with van der Waals surface area (Å²) in [5.74, 6) is -0.393. The zero-order valence-electron chi connectivity index (χ0n) is 14.9. The first-order valence-corrected chi connectivity index (χ1v) is 9.73. The van der Waals surface area contributed by atoms with E-state index in [0.717, 1.165) is 11.0 Å². The van der Waals surface area contributed by atoms with Crippen LogP contribution in [0.5, 0.6) is 0 Å². The largest absolute Gasteiger partial charge is 0.457 e. The van der Waals surface area contributed by atoms with Crippen LogP contribution in [-0.4, -0.2) is 11.1 Å². The van der Waals surface area contributed by atoms with Gasteiger partial charge in [0.1, 0.15) is 11.5 Å². The number of amides is 2. The van der Waals surface area contributed by atoms with Gasteiger partial charge in [0.05, 0.1) is 16.2 Å². The number of halogens is 4. The number of hydrogen-bond acceptors (Lipinski definition) is 4. The summed E-state index contributed by atoms with van der Waals surface area (Å²) in [6.07, 6.45) is -3.20. The molecule has 2 aromatic carbocycles. The van der Waals surface area contributed by atoms with Gasteiger partial charge in [-0.1, -0.05) is 29.8 Å². The molecular weight excluding hydrogens is 439 g/mol. The van der Waals surface area contributed by atoms with Crippen LogP contribution in [0.2, 0.25) is 5.02 Å². The molecule has 1 aliphatic rings. The Morgan fingerprint density at radius 1 is 0.967 bits per heavy atom. The van der Waals surface area contributed by atoms with Gasteiger partial charge in [-0.25, -0.2) is 4.90 Å². The van der Waals surface area contributed by atoms with Crippen LogP contribution in [0.25, 0.3) is 17.4 Å².